The quantitative estimate of drug-likeness (QED) is 0.782. The van der Waals surface area contributed by atoms with Gasteiger partial charge in [0.15, 0.2) is 0 Å². The number of amides is 2. The van der Waals surface area contributed by atoms with Crippen molar-refractivity contribution in [2.24, 2.45) is 0 Å². The molecule has 2 aromatic rings. The van der Waals surface area contributed by atoms with Crippen LogP contribution in [0.1, 0.15) is 31.7 Å². The normalized spacial score (nSPS) is 15.8. The fourth-order valence-corrected chi connectivity index (χ4v) is 3.78. The van der Waals surface area contributed by atoms with Crippen molar-refractivity contribution < 1.29 is 17.8 Å². The molecule has 1 heterocycles. The number of nitrogens with zero attached hydrogens (tertiary/aromatic N) is 1. The molecule has 3 rings (SSSR count). The third-order valence-electron chi connectivity index (χ3n) is 4.81. The number of urea groups is 1. The summed E-state index contributed by atoms with van der Waals surface area (Å²) < 4.78 is 33.2. The van der Waals surface area contributed by atoms with Crippen molar-refractivity contribution in [1.29, 1.82) is 0 Å². The lowest BCUT2D eigenvalue weighted by molar-refractivity contribution is 0.252. The average molecular weight is 374 g/mol. The van der Waals surface area contributed by atoms with E-state index in [9.17, 15) is 17.8 Å². The van der Waals surface area contributed by atoms with Crippen molar-refractivity contribution in [2.75, 3.05) is 18.0 Å². The predicted octanol–water partition coefficient (Wildman–Crippen LogP) is 3.64. The first-order valence-electron chi connectivity index (χ1n) is 8.58. The number of hydrogen-bond donors (Lipinski definition) is 2. The van der Waals surface area contributed by atoms with Crippen LogP contribution >= 0.6 is 0 Å². The number of benzene rings is 2. The van der Waals surface area contributed by atoms with Crippen molar-refractivity contribution in [3.05, 3.63) is 48.0 Å². The molecular weight excluding hydrogens is 352 g/mol. The van der Waals surface area contributed by atoms with Crippen LogP contribution in [0, 0.1) is 0 Å². The second kappa shape index (κ2) is 7.09. The molecule has 1 atom stereocenters. The van der Waals surface area contributed by atoms with Gasteiger partial charge in [-0.2, -0.15) is 8.42 Å². The summed E-state index contributed by atoms with van der Waals surface area (Å²) in [4.78, 5) is 13.3. The summed E-state index contributed by atoms with van der Waals surface area (Å²) in [7, 11) is -4.39. The molecule has 0 radical (unpaired) electrons. The van der Waals surface area contributed by atoms with Gasteiger partial charge in [0.1, 0.15) is 4.90 Å². The van der Waals surface area contributed by atoms with Crippen LogP contribution in [0.5, 0.6) is 0 Å². The fourth-order valence-electron chi connectivity index (χ4n) is 3.08. The SMILES string of the molecule is CCC(C)c1ccc(-c2cc(N3CCNC3=O)ccc2S(=O)(=O)O)cc1. The van der Waals surface area contributed by atoms with Gasteiger partial charge >= 0.3 is 6.03 Å². The van der Waals surface area contributed by atoms with E-state index < -0.39 is 10.1 Å². The highest BCUT2D eigenvalue weighted by Crippen LogP contribution is 2.33. The molecule has 138 valence electrons. The van der Waals surface area contributed by atoms with E-state index in [1.807, 2.05) is 24.3 Å². The van der Waals surface area contributed by atoms with Crippen LogP contribution in [-0.4, -0.2) is 32.1 Å². The zero-order valence-electron chi connectivity index (χ0n) is 14.8. The Kier molecular flexibility index (Phi) is 5.02. The highest BCUT2D eigenvalue weighted by molar-refractivity contribution is 7.86. The fraction of sp³-hybridized carbons (Fsp3) is 0.316. The summed E-state index contributed by atoms with van der Waals surface area (Å²) in [6.45, 7) is 5.29. The van der Waals surface area contributed by atoms with E-state index in [0.29, 0.717) is 35.8 Å². The molecule has 6 nitrogen and oxygen atoms in total. The van der Waals surface area contributed by atoms with E-state index in [2.05, 4.69) is 19.2 Å². The molecule has 1 aliphatic heterocycles. The van der Waals surface area contributed by atoms with E-state index in [1.54, 1.807) is 11.0 Å². The molecule has 0 aromatic heterocycles. The minimum atomic E-state index is -4.39. The first kappa shape index (κ1) is 18.4. The first-order chi connectivity index (χ1) is 12.3. The maximum absolute atomic E-state index is 11.9. The van der Waals surface area contributed by atoms with Crippen molar-refractivity contribution in [2.45, 2.75) is 31.1 Å². The number of nitrogens with one attached hydrogen (secondary N) is 1. The standard InChI is InChI=1S/C19H22N2O4S/c1-3-13(2)14-4-6-15(7-5-14)17-12-16(21-11-10-20-19(21)22)8-9-18(17)26(23,24)25/h4-9,12-13H,3,10-11H2,1-2H3,(H,20,22)(H,23,24,25). The molecule has 2 N–H and O–H groups in total. The number of rotatable bonds is 5. The Bertz CT molecular complexity index is 923. The average Bonchev–Trinajstić information content (AvgIpc) is 3.06. The molecule has 1 fully saturated rings. The largest absolute Gasteiger partial charge is 0.336 e. The second-order valence-electron chi connectivity index (χ2n) is 6.47. The number of carbonyl (C=O) groups excluding carboxylic acids is 1. The van der Waals surface area contributed by atoms with Gasteiger partial charge in [-0.05, 0) is 41.7 Å². The van der Waals surface area contributed by atoms with Crippen LogP contribution in [0.2, 0.25) is 0 Å². The van der Waals surface area contributed by atoms with E-state index in [-0.39, 0.29) is 10.9 Å². The van der Waals surface area contributed by atoms with E-state index in [4.69, 9.17) is 0 Å². The molecule has 1 saturated heterocycles. The van der Waals surface area contributed by atoms with Crippen LogP contribution in [0.25, 0.3) is 11.1 Å². The first-order valence-corrected chi connectivity index (χ1v) is 10.0. The Morgan fingerprint density at radius 3 is 2.42 bits per heavy atom. The molecule has 1 aliphatic rings. The molecule has 0 bridgehead atoms. The third kappa shape index (κ3) is 3.59. The summed E-state index contributed by atoms with van der Waals surface area (Å²) in [6, 6.07) is 11.9. The second-order valence-corrected chi connectivity index (χ2v) is 7.86. The molecule has 0 aliphatic carbocycles. The van der Waals surface area contributed by atoms with E-state index in [0.717, 1.165) is 6.42 Å². The Hall–Kier alpha value is -2.38. The van der Waals surface area contributed by atoms with Gasteiger partial charge in [0.2, 0.25) is 0 Å². The number of hydrogen-bond acceptors (Lipinski definition) is 3. The molecule has 26 heavy (non-hydrogen) atoms. The topological polar surface area (TPSA) is 86.7 Å². The maximum Gasteiger partial charge on any atom is 0.321 e. The van der Waals surface area contributed by atoms with Gasteiger partial charge in [-0.15, -0.1) is 0 Å². The van der Waals surface area contributed by atoms with Crippen molar-refractivity contribution >= 4 is 21.8 Å². The van der Waals surface area contributed by atoms with Gasteiger partial charge in [0.05, 0.1) is 0 Å². The highest BCUT2D eigenvalue weighted by Gasteiger charge is 2.24. The Morgan fingerprint density at radius 2 is 1.88 bits per heavy atom. The smallest absolute Gasteiger partial charge is 0.321 e. The summed E-state index contributed by atoms with van der Waals surface area (Å²) in [5.74, 6) is 0.407. The van der Waals surface area contributed by atoms with Gasteiger partial charge in [0.25, 0.3) is 10.1 Å². The number of anilines is 1. The van der Waals surface area contributed by atoms with Crippen LogP contribution in [0.3, 0.4) is 0 Å². The molecular formula is C19H22N2O4S. The van der Waals surface area contributed by atoms with Crippen LogP contribution in [0.15, 0.2) is 47.4 Å². The third-order valence-corrected chi connectivity index (χ3v) is 5.72. The van der Waals surface area contributed by atoms with Gasteiger partial charge in [-0.25, -0.2) is 4.79 Å². The van der Waals surface area contributed by atoms with E-state index in [1.165, 1.54) is 17.7 Å². The zero-order valence-corrected chi connectivity index (χ0v) is 15.6. The summed E-state index contributed by atoms with van der Waals surface area (Å²) >= 11 is 0. The predicted molar refractivity (Wildman–Crippen MR) is 101 cm³/mol. The summed E-state index contributed by atoms with van der Waals surface area (Å²) in [6.07, 6.45) is 1.01. The Morgan fingerprint density at radius 1 is 1.19 bits per heavy atom. The molecule has 7 heteroatoms. The minimum absolute atomic E-state index is 0.169. The van der Waals surface area contributed by atoms with Crippen LogP contribution < -0.4 is 10.2 Å². The van der Waals surface area contributed by atoms with E-state index >= 15 is 0 Å². The van der Waals surface area contributed by atoms with Gasteiger partial charge < -0.3 is 5.32 Å². The van der Waals surface area contributed by atoms with Gasteiger partial charge in [-0.1, -0.05) is 38.1 Å². The van der Waals surface area contributed by atoms with Crippen molar-refractivity contribution in [1.82, 2.24) is 5.32 Å². The highest BCUT2D eigenvalue weighted by atomic mass is 32.2. The lowest BCUT2D eigenvalue weighted by Crippen LogP contribution is -2.27. The molecule has 0 spiro atoms. The molecule has 2 amide bonds. The van der Waals surface area contributed by atoms with Crippen LogP contribution in [0.4, 0.5) is 10.5 Å². The Balaban J connectivity index is 2.09. The zero-order chi connectivity index (χ0) is 18.9. The molecule has 2 aromatic carbocycles. The lowest BCUT2D eigenvalue weighted by Gasteiger charge is -2.17. The lowest BCUT2D eigenvalue weighted by atomic mass is 9.95. The van der Waals surface area contributed by atoms with Crippen LogP contribution in [-0.2, 0) is 10.1 Å². The molecule has 0 saturated carbocycles. The van der Waals surface area contributed by atoms with Crippen molar-refractivity contribution in [3.8, 4) is 11.1 Å². The maximum atomic E-state index is 11.9. The summed E-state index contributed by atoms with van der Waals surface area (Å²) in [5, 5.41) is 2.72. The molecule has 1 unspecified atom stereocenters. The summed E-state index contributed by atoms with van der Waals surface area (Å²) in [5.41, 5.74) is 2.81. The number of carbonyl (C=O) groups is 1. The Labute approximate surface area is 153 Å². The van der Waals surface area contributed by atoms with Gasteiger partial charge in [0, 0.05) is 24.3 Å². The van der Waals surface area contributed by atoms with Crippen molar-refractivity contribution in [3.63, 3.8) is 0 Å². The van der Waals surface area contributed by atoms with Gasteiger partial charge in [-0.3, -0.25) is 9.45 Å². The monoisotopic (exact) mass is 374 g/mol. The minimum Gasteiger partial charge on any atom is -0.336 e.